The summed E-state index contributed by atoms with van der Waals surface area (Å²) < 4.78 is 7.89. The molecule has 0 radical (unpaired) electrons. The first-order valence-corrected chi connectivity index (χ1v) is 9.81. The fourth-order valence-electron chi connectivity index (χ4n) is 3.12. The number of fused-ring (bicyclic) bond motifs is 1. The molecule has 2 unspecified atom stereocenters. The van der Waals surface area contributed by atoms with E-state index in [4.69, 9.17) is 16.3 Å². The predicted molar refractivity (Wildman–Crippen MR) is 107 cm³/mol. The molecule has 1 aromatic heterocycles. The van der Waals surface area contributed by atoms with Crippen LogP contribution in [0.15, 0.2) is 29.3 Å². The number of guanidine groups is 1. The number of aryl methyl sites for hydroxylation is 2. The Morgan fingerprint density at radius 1 is 1.48 bits per heavy atom. The molecule has 0 amide bonds. The molecule has 27 heavy (non-hydrogen) atoms. The zero-order valence-corrected chi connectivity index (χ0v) is 16.8. The van der Waals surface area contributed by atoms with E-state index in [0.29, 0.717) is 11.6 Å². The van der Waals surface area contributed by atoms with Crippen molar-refractivity contribution in [1.82, 2.24) is 25.4 Å². The lowest BCUT2D eigenvalue weighted by Crippen LogP contribution is -2.42. The Kier molecular flexibility index (Phi) is 6.55. The molecule has 0 bridgehead atoms. The van der Waals surface area contributed by atoms with E-state index in [0.717, 1.165) is 49.3 Å². The third-order valence-electron chi connectivity index (χ3n) is 4.28. The lowest BCUT2D eigenvalue weighted by Gasteiger charge is -2.25. The summed E-state index contributed by atoms with van der Waals surface area (Å²) in [5.74, 6) is 3.30. The molecule has 2 heterocycles. The Morgan fingerprint density at radius 2 is 2.33 bits per heavy atom. The second kappa shape index (κ2) is 9.08. The molecule has 146 valence electrons. The van der Waals surface area contributed by atoms with Crippen molar-refractivity contribution in [2.45, 2.75) is 52.3 Å². The van der Waals surface area contributed by atoms with E-state index in [1.807, 2.05) is 42.8 Å². The lowest BCUT2D eigenvalue weighted by atomic mass is 10.1. The van der Waals surface area contributed by atoms with Crippen LogP contribution in [0.3, 0.4) is 0 Å². The van der Waals surface area contributed by atoms with Crippen LogP contribution in [0.25, 0.3) is 0 Å². The summed E-state index contributed by atoms with van der Waals surface area (Å²) in [5.41, 5.74) is 0. The lowest BCUT2D eigenvalue weighted by molar-refractivity contribution is 0.230. The zero-order valence-electron chi connectivity index (χ0n) is 16.1. The number of ether oxygens (including phenoxy) is 1. The monoisotopic (exact) mass is 390 g/mol. The number of rotatable bonds is 6. The highest BCUT2D eigenvalue weighted by atomic mass is 35.5. The van der Waals surface area contributed by atoms with Crippen LogP contribution < -0.4 is 15.4 Å². The van der Waals surface area contributed by atoms with Gasteiger partial charge in [0.15, 0.2) is 5.96 Å². The number of halogens is 1. The molecule has 2 aromatic rings. The van der Waals surface area contributed by atoms with Crippen molar-refractivity contribution in [3.05, 3.63) is 40.9 Å². The number of hydrogen-bond donors (Lipinski definition) is 2. The van der Waals surface area contributed by atoms with E-state index in [1.54, 1.807) is 0 Å². The van der Waals surface area contributed by atoms with Crippen LogP contribution in [0, 0.1) is 6.92 Å². The Bertz CT molecular complexity index is 790. The van der Waals surface area contributed by atoms with E-state index in [9.17, 15) is 0 Å². The maximum absolute atomic E-state index is 6.01. The van der Waals surface area contributed by atoms with Gasteiger partial charge in [-0.2, -0.15) is 5.10 Å². The van der Waals surface area contributed by atoms with Gasteiger partial charge >= 0.3 is 0 Å². The summed E-state index contributed by atoms with van der Waals surface area (Å²) in [6.07, 6.45) is 2.01. The zero-order chi connectivity index (χ0) is 19.2. The Balaban J connectivity index is 1.63. The molecule has 7 nitrogen and oxygen atoms in total. The van der Waals surface area contributed by atoms with Gasteiger partial charge in [0.05, 0.1) is 12.6 Å². The third kappa shape index (κ3) is 5.35. The van der Waals surface area contributed by atoms with Gasteiger partial charge in [0.1, 0.15) is 23.5 Å². The average Bonchev–Trinajstić information content (AvgIpc) is 3.01. The van der Waals surface area contributed by atoms with Gasteiger partial charge in [0.2, 0.25) is 0 Å². The molecule has 3 rings (SSSR count). The van der Waals surface area contributed by atoms with Crippen LogP contribution in [-0.2, 0) is 6.54 Å². The van der Waals surface area contributed by atoms with Crippen LogP contribution in [0.2, 0.25) is 5.02 Å². The molecule has 2 N–H and O–H groups in total. The number of nitrogens with zero attached hydrogens (tertiary/aromatic N) is 4. The highest BCUT2D eigenvalue weighted by Crippen LogP contribution is 2.23. The molecule has 0 spiro atoms. The first-order chi connectivity index (χ1) is 13.0. The normalized spacial score (nSPS) is 17.9. The summed E-state index contributed by atoms with van der Waals surface area (Å²) in [4.78, 5) is 9.26. The minimum absolute atomic E-state index is 0.0730. The van der Waals surface area contributed by atoms with Crippen molar-refractivity contribution in [2.75, 3.05) is 13.1 Å². The average molecular weight is 391 g/mol. The molecule has 0 fully saturated rings. The first kappa shape index (κ1) is 19.5. The van der Waals surface area contributed by atoms with Crippen molar-refractivity contribution < 1.29 is 4.74 Å². The van der Waals surface area contributed by atoms with Gasteiger partial charge in [0.25, 0.3) is 0 Å². The second-order valence-corrected chi connectivity index (χ2v) is 7.12. The first-order valence-electron chi connectivity index (χ1n) is 9.43. The minimum atomic E-state index is -0.0730. The number of hydrogen-bond acceptors (Lipinski definition) is 4. The summed E-state index contributed by atoms with van der Waals surface area (Å²) in [5, 5.41) is 11.9. The Morgan fingerprint density at radius 3 is 3.11 bits per heavy atom. The van der Waals surface area contributed by atoms with E-state index < -0.39 is 0 Å². The SMILES string of the molecule is CCNC(=NCC(C)Oc1cccc(Cl)c1)NC1CCCn2nc(C)nc21. The van der Waals surface area contributed by atoms with Crippen molar-refractivity contribution in [1.29, 1.82) is 0 Å². The maximum Gasteiger partial charge on any atom is 0.191 e. The van der Waals surface area contributed by atoms with Crippen LogP contribution >= 0.6 is 11.6 Å². The molecule has 2 atom stereocenters. The van der Waals surface area contributed by atoms with Crippen molar-refractivity contribution in [2.24, 2.45) is 4.99 Å². The van der Waals surface area contributed by atoms with Crippen molar-refractivity contribution in [3.8, 4) is 5.75 Å². The summed E-state index contributed by atoms with van der Waals surface area (Å²) in [6.45, 7) is 8.21. The molecular formula is C19H27ClN6O. The van der Waals surface area contributed by atoms with Crippen LogP contribution in [0.1, 0.15) is 44.4 Å². The summed E-state index contributed by atoms with van der Waals surface area (Å²) >= 11 is 6.01. The minimum Gasteiger partial charge on any atom is -0.489 e. The standard InChI is InChI=1S/C19H27ClN6O/c1-4-21-19(22-12-13(2)27-16-8-5-7-15(20)11-16)24-17-9-6-10-26-18(17)23-14(3)25-26/h5,7-8,11,13,17H,4,6,9-10,12H2,1-3H3,(H2,21,22,24). The van der Waals surface area contributed by atoms with E-state index >= 15 is 0 Å². The molecule has 8 heteroatoms. The van der Waals surface area contributed by atoms with Crippen LogP contribution in [-0.4, -0.2) is 39.9 Å². The van der Waals surface area contributed by atoms with Gasteiger partial charge in [-0.25, -0.2) is 14.7 Å². The third-order valence-corrected chi connectivity index (χ3v) is 4.51. The molecule has 1 aliphatic rings. The Hall–Kier alpha value is -2.28. The van der Waals surface area contributed by atoms with Gasteiger partial charge in [0, 0.05) is 18.1 Å². The number of aliphatic imine (C=N–C) groups is 1. The van der Waals surface area contributed by atoms with Gasteiger partial charge in [-0.05, 0) is 51.8 Å². The number of benzene rings is 1. The molecule has 0 aliphatic carbocycles. The Labute approximate surface area is 165 Å². The van der Waals surface area contributed by atoms with Gasteiger partial charge < -0.3 is 15.4 Å². The number of aromatic nitrogens is 3. The van der Waals surface area contributed by atoms with E-state index in [2.05, 4.69) is 32.6 Å². The maximum atomic E-state index is 6.01. The van der Waals surface area contributed by atoms with E-state index in [-0.39, 0.29) is 12.1 Å². The molecule has 1 aromatic carbocycles. The molecular weight excluding hydrogens is 364 g/mol. The fraction of sp³-hybridized carbons (Fsp3) is 0.526. The molecule has 0 saturated carbocycles. The van der Waals surface area contributed by atoms with Crippen molar-refractivity contribution in [3.63, 3.8) is 0 Å². The van der Waals surface area contributed by atoms with Gasteiger partial charge in [-0.1, -0.05) is 17.7 Å². The van der Waals surface area contributed by atoms with Crippen LogP contribution in [0.5, 0.6) is 5.75 Å². The van der Waals surface area contributed by atoms with Gasteiger partial charge in [-0.15, -0.1) is 0 Å². The van der Waals surface area contributed by atoms with E-state index in [1.165, 1.54) is 0 Å². The largest absolute Gasteiger partial charge is 0.489 e. The second-order valence-electron chi connectivity index (χ2n) is 6.68. The smallest absolute Gasteiger partial charge is 0.191 e. The van der Waals surface area contributed by atoms with Crippen LogP contribution in [0.4, 0.5) is 0 Å². The van der Waals surface area contributed by atoms with Gasteiger partial charge in [-0.3, -0.25) is 0 Å². The molecule has 1 aliphatic heterocycles. The molecule has 0 saturated heterocycles. The summed E-state index contributed by atoms with van der Waals surface area (Å²) in [7, 11) is 0. The fourth-order valence-corrected chi connectivity index (χ4v) is 3.30. The summed E-state index contributed by atoms with van der Waals surface area (Å²) in [6, 6.07) is 7.52. The highest BCUT2D eigenvalue weighted by molar-refractivity contribution is 6.30. The number of nitrogens with one attached hydrogen (secondary N) is 2. The van der Waals surface area contributed by atoms with Crippen molar-refractivity contribution >= 4 is 17.6 Å². The quantitative estimate of drug-likeness (QED) is 0.585. The topological polar surface area (TPSA) is 76.4 Å². The highest BCUT2D eigenvalue weighted by Gasteiger charge is 2.24. The predicted octanol–water partition coefficient (Wildman–Crippen LogP) is 3.10.